The van der Waals surface area contributed by atoms with E-state index in [0.717, 1.165) is 5.56 Å². The number of carbonyl (C=O) groups is 2. The summed E-state index contributed by atoms with van der Waals surface area (Å²) in [6, 6.07) is 10.9. The molecule has 3 rings (SSSR count). The Morgan fingerprint density at radius 2 is 2.07 bits per heavy atom. The van der Waals surface area contributed by atoms with Crippen LogP contribution in [0.2, 0.25) is 0 Å². The molecule has 0 aliphatic heterocycles. The quantitative estimate of drug-likeness (QED) is 0.339. The number of rotatable bonds is 8. The molecule has 0 saturated heterocycles. The molecule has 0 bridgehead atoms. The number of nitrogens with one attached hydrogen (secondary N) is 2. The second-order valence-electron chi connectivity index (χ2n) is 5.15. The molecule has 1 aromatic carbocycles. The molecular formula is C17H15N5O3S2. The lowest BCUT2D eigenvalue weighted by Crippen LogP contribution is -2.24. The van der Waals surface area contributed by atoms with E-state index >= 15 is 0 Å². The van der Waals surface area contributed by atoms with Crippen LogP contribution in [0.4, 0.5) is 5.13 Å². The summed E-state index contributed by atoms with van der Waals surface area (Å²) in [4.78, 5) is 23.8. The molecule has 0 fully saturated rings. The van der Waals surface area contributed by atoms with E-state index in [2.05, 4.69) is 32.6 Å². The third-order valence-corrected chi connectivity index (χ3v) is 5.17. The van der Waals surface area contributed by atoms with Gasteiger partial charge in [0.15, 0.2) is 15.8 Å². The molecule has 0 aliphatic rings. The van der Waals surface area contributed by atoms with Gasteiger partial charge in [-0.1, -0.05) is 64.7 Å². The lowest BCUT2D eigenvalue weighted by Gasteiger charge is -1.99. The first-order valence-electron chi connectivity index (χ1n) is 7.83. The fourth-order valence-corrected chi connectivity index (χ4v) is 3.54. The molecule has 0 atom stereocenters. The average Bonchev–Trinajstić information content (AvgIpc) is 3.35. The zero-order chi connectivity index (χ0) is 19.1. The molecule has 2 aromatic heterocycles. The van der Waals surface area contributed by atoms with Gasteiger partial charge < -0.3 is 9.84 Å². The number of amides is 2. The Bertz CT molecular complexity index is 939. The van der Waals surface area contributed by atoms with Crippen molar-refractivity contribution in [2.24, 2.45) is 0 Å². The van der Waals surface area contributed by atoms with E-state index in [0.29, 0.717) is 21.8 Å². The highest BCUT2D eigenvalue weighted by Gasteiger charge is 2.16. The molecule has 10 heteroatoms. The molecule has 2 heterocycles. The van der Waals surface area contributed by atoms with Gasteiger partial charge in [0.1, 0.15) is 0 Å². The molecular weight excluding hydrogens is 386 g/mol. The van der Waals surface area contributed by atoms with Crippen molar-refractivity contribution < 1.29 is 14.1 Å². The maximum atomic E-state index is 12.3. The van der Waals surface area contributed by atoms with Crippen molar-refractivity contribution in [1.82, 2.24) is 20.7 Å². The van der Waals surface area contributed by atoms with Crippen LogP contribution in [0.3, 0.4) is 0 Å². The second kappa shape index (κ2) is 9.10. The minimum absolute atomic E-state index is 0.128. The van der Waals surface area contributed by atoms with Gasteiger partial charge in [-0.2, -0.15) is 0 Å². The van der Waals surface area contributed by atoms with Crippen molar-refractivity contribution in [2.45, 2.75) is 4.34 Å². The Morgan fingerprint density at radius 3 is 2.85 bits per heavy atom. The molecule has 0 radical (unpaired) electrons. The molecule has 0 saturated carbocycles. The van der Waals surface area contributed by atoms with E-state index in [9.17, 15) is 9.59 Å². The molecule has 2 N–H and O–H groups in total. The van der Waals surface area contributed by atoms with Gasteiger partial charge in [0.25, 0.3) is 5.91 Å². The lowest BCUT2D eigenvalue weighted by atomic mass is 10.1. The maximum Gasteiger partial charge on any atom is 0.279 e. The highest BCUT2D eigenvalue weighted by atomic mass is 32.2. The maximum absolute atomic E-state index is 12.3. The third-order valence-electron chi connectivity index (χ3n) is 3.20. The molecule has 0 unspecified atom stereocenters. The SMILES string of the molecule is C=CCNC(=O)CSc1nnc(NC(=O)c2cc(-c3ccccc3)on2)s1. The van der Waals surface area contributed by atoms with Gasteiger partial charge >= 0.3 is 0 Å². The van der Waals surface area contributed by atoms with Crippen molar-refractivity contribution in [1.29, 1.82) is 0 Å². The van der Waals surface area contributed by atoms with E-state index in [1.165, 1.54) is 23.1 Å². The summed E-state index contributed by atoms with van der Waals surface area (Å²) in [5, 5.41) is 17.2. The number of benzene rings is 1. The summed E-state index contributed by atoms with van der Waals surface area (Å²) >= 11 is 2.41. The number of nitrogens with zero attached hydrogens (tertiary/aromatic N) is 3. The number of hydrogen-bond donors (Lipinski definition) is 2. The van der Waals surface area contributed by atoms with Crippen LogP contribution in [0.15, 0.2) is 57.9 Å². The summed E-state index contributed by atoms with van der Waals surface area (Å²) in [5.74, 6) is 0.133. The molecule has 27 heavy (non-hydrogen) atoms. The first kappa shape index (κ1) is 18.8. The van der Waals surface area contributed by atoms with E-state index in [1.807, 2.05) is 30.3 Å². The van der Waals surface area contributed by atoms with Crippen molar-refractivity contribution in [2.75, 3.05) is 17.6 Å². The van der Waals surface area contributed by atoms with Gasteiger partial charge in [-0.15, -0.1) is 16.8 Å². The molecule has 2 amide bonds. The number of hydrogen-bond acceptors (Lipinski definition) is 8. The molecule has 8 nitrogen and oxygen atoms in total. The minimum Gasteiger partial charge on any atom is -0.355 e. The van der Waals surface area contributed by atoms with Gasteiger partial charge in [-0.3, -0.25) is 14.9 Å². The van der Waals surface area contributed by atoms with E-state index < -0.39 is 5.91 Å². The predicted octanol–water partition coefficient (Wildman–Crippen LogP) is 2.84. The molecule has 3 aromatic rings. The van der Waals surface area contributed by atoms with Crippen LogP contribution in [0.25, 0.3) is 11.3 Å². The largest absolute Gasteiger partial charge is 0.355 e. The Balaban J connectivity index is 1.56. The summed E-state index contributed by atoms with van der Waals surface area (Å²) in [7, 11) is 0. The van der Waals surface area contributed by atoms with Gasteiger partial charge in [-0.25, -0.2) is 0 Å². The van der Waals surface area contributed by atoms with Crippen molar-refractivity contribution in [3.63, 3.8) is 0 Å². The zero-order valence-corrected chi connectivity index (χ0v) is 15.7. The van der Waals surface area contributed by atoms with Crippen LogP contribution < -0.4 is 10.6 Å². The van der Waals surface area contributed by atoms with Crippen LogP contribution in [0, 0.1) is 0 Å². The Labute approximate surface area is 163 Å². The van der Waals surface area contributed by atoms with Crippen molar-refractivity contribution >= 4 is 40.0 Å². The van der Waals surface area contributed by atoms with Crippen LogP contribution in [0.5, 0.6) is 0 Å². The highest BCUT2D eigenvalue weighted by Crippen LogP contribution is 2.26. The van der Waals surface area contributed by atoms with E-state index in [1.54, 1.807) is 12.1 Å². The predicted molar refractivity (Wildman–Crippen MR) is 104 cm³/mol. The summed E-state index contributed by atoms with van der Waals surface area (Å²) in [6.45, 7) is 3.95. The Morgan fingerprint density at radius 1 is 1.26 bits per heavy atom. The van der Waals surface area contributed by atoms with Crippen LogP contribution >= 0.6 is 23.1 Å². The van der Waals surface area contributed by atoms with E-state index in [4.69, 9.17) is 4.52 Å². The Kier molecular flexibility index (Phi) is 6.34. The van der Waals surface area contributed by atoms with Crippen molar-refractivity contribution in [3.05, 3.63) is 54.7 Å². The number of aromatic nitrogens is 3. The standard InChI is InChI=1S/C17H15N5O3S2/c1-2-8-18-14(23)10-26-17-21-20-16(27-17)19-15(24)12-9-13(25-22-12)11-6-4-3-5-7-11/h2-7,9H,1,8,10H2,(H,18,23)(H,19,20,24). The third kappa shape index (κ3) is 5.25. The smallest absolute Gasteiger partial charge is 0.279 e. The summed E-state index contributed by atoms with van der Waals surface area (Å²) < 4.78 is 5.79. The monoisotopic (exact) mass is 401 g/mol. The zero-order valence-electron chi connectivity index (χ0n) is 14.0. The van der Waals surface area contributed by atoms with Crippen LogP contribution in [-0.4, -0.2) is 39.5 Å². The van der Waals surface area contributed by atoms with Crippen LogP contribution in [0.1, 0.15) is 10.5 Å². The van der Waals surface area contributed by atoms with Gasteiger partial charge in [0.05, 0.1) is 5.75 Å². The molecule has 0 aliphatic carbocycles. The topological polar surface area (TPSA) is 110 Å². The number of carbonyl (C=O) groups excluding carboxylic acids is 2. The molecule has 138 valence electrons. The lowest BCUT2D eigenvalue weighted by molar-refractivity contribution is -0.118. The second-order valence-corrected chi connectivity index (χ2v) is 7.35. The Hall–Kier alpha value is -2.98. The first-order valence-corrected chi connectivity index (χ1v) is 9.63. The minimum atomic E-state index is -0.447. The van der Waals surface area contributed by atoms with Gasteiger partial charge in [0.2, 0.25) is 11.0 Å². The van der Waals surface area contributed by atoms with E-state index in [-0.39, 0.29) is 17.4 Å². The summed E-state index contributed by atoms with van der Waals surface area (Å²) in [6.07, 6.45) is 1.61. The van der Waals surface area contributed by atoms with Gasteiger partial charge in [0, 0.05) is 18.2 Å². The average molecular weight is 401 g/mol. The van der Waals surface area contributed by atoms with Gasteiger partial charge in [-0.05, 0) is 0 Å². The first-order chi connectivity index (χ1) is 13.2. The number of anilines is 1. The fraction of sp³-hybridized carbons (Fsp3) is 0.118. The van der Waals surface area contributed by atoms with Crippen molar-refractivity contribution in [3.8, 4) is 11.3 Å². The summed E-state index contributed by atoms with van der Waals surface area (Å²) in [5.41, 5.74) is 0.968. The van der Waals surface area contributed by atoms with Crippen LogP contribution in [-0.2, 0) is 4.79 Å². The fourth-order valence-electron chi connectivity index (χ4n) is 1.96. The highest BCUT2D eigenvalue weighted by molar-refractivity contribution is 8.01. The normalized spacial score (nSPS) is 10.4. The molecule has 0 spiro atoms. The number of thioether (sulfide) groups is 1.